The molecule has 8 aromatic carbocycles. The standard InChI is InChI=1S/C52H40N2O/c1-52(2)48-14-8-6-12-44(48)45-30-29-43(33-49(45)52)53(41-25-20-37(21-26-41)36-18-16-35(34-55)17-19-36)42-27-22-38(23-28-42)39-24-31-51-47(32-39)46-13-7-9-15-50(46)54(51)40-10-4-3-5-11-40/h3-33,55H,34H2,1-2H3. The van der Waals surface area contributed by atoms with Crippen LogP contribution in [0, 0.1) is 0 Å². The van der Waals surface area contributed by atoms with Crippen molar-refractivity contribution in [2.24, 2.45) is 0 Å². The van der Waals surface area contributed by atoms with Gasteiger partial charge in [-0.1, -0.05) is 135 Å². The molecule has 0 fully saturated rings. The fourth-order valence-electron chi connectivity index (χ4n) is 8.69. The highest BCUT2D eigenvalue weighted by Gasteiger charge is 2.35. The van der Waals surface area contributed by atoms with E-state index in [1.165, 1.54) is 55.2 Å². The molecule has 1 aromatic heterocycles. The number of benzene rings is 8. The van der Waals surface area contributed by atoms with Crippen molar-refractivity contribution >= 4 is 38.9 Å². The van der Waals surface area contributed by atoms with E-state index in [4.69, 9.17) is 0 Å². The quantitative estimate of drug-likeness (QED) is 0.179. The Hall–Kier alpha value is -6.68. The van der Waals surface area contributed by atoms with Crippen molar-refractivity contribution in [2.45, 2.75) is 25.9 Å². The van der Waals surface area contributed by atoms with Crippen molar-refractivity contribution in [3.05, 3.63) is 205 Å². The maximum absolute atomic E-state index is 9.55. The third-order valence-corrected chi connectivity index (χ3v) is 11.6. The summed E-state index contributed by atoms with van der Waals surface area (Å²) >= 11 is 0. The van der Waals surface area contributed by atoms with Crippen LogP contribution in [0.15, 0.2) is 188 Å². The zero-order chi connectivity index (χ0) is 37.1. The molecule has 3 heteroatoms. The van der Waals surface area contributed by atoms with E-state index in [1.807, 2.05) is 12.1 Å². The molecule has 0 amide bonds. The number of aliphatic hydroxyl groups is 1. The molecule has 10 rings (SSSR count). The van der Waals surface area contributed by atoms with Crippen molar-refractivity contribution in [2.75, 3.05) is 4.90 Å². The maximum Gasteiger partial charge on any atom is 0.0681 e. The lowest BCUT2D eigenvalue weighted by Crippen LogP contribution is -2.16. The van der Waals surface area contributed by atoms with Gasteiger partial charge in [-0.25, -0.2) is 0 Å². The number of aromatic nitrogens is 1. The van der Waals surface area contributed by atoms with Gasteiger partial charge in [-0.15, -0.1) is 0 Å². The van der Waals surface area contributed by atoms with E-state index in [-0.39, 0.29) is 12.0 Å². The minimum absolute atomic E-state index is 0.0446. The number of fused-ring (bicyclic) bond motifs is 6. The lowest BCUT2D eigenvalue weighted by Gasteiger charge is -2.28. The highest BCUT2D eigenvalue weighted by Crippen LogP contribution is 2.50. The lowest BCUT2D eigenvalue weighted by molar-refractivity contribution is 0.282. The third-order valence-electron chi connectivity index (χ3n) is 11.6. The Labute approximate surface area is 322 Å². The maximum atomic E-state index is 9.55. The smallest absolute Gasteiger partial charge is 0.0681 e. The molecule has 55 heavy (non-hydrogen) atoms. The van der Waals surface area contributed by atoms with Gasteiger partial charge in [-0.05, 0) is 117 Å². The molecule has 3 nitrogen and oxygen atoms in total. The molecule has 0 spiro atoms. The summed E-state index contributed by atoms with van der Waals surface area (Å²) in [5.74, 6) is 0. The highest BCUT2D eigenvalue weighted by atomic mass is 16.3. The first-order chi connectivity index (χ1) is 27.0. The number of hydrogen-bond donors (Lipinski definition) is 1. The summed E-state index contributed by atoms with van der Waals surface area (Å²) in [5.41, 5.74) is 17.7. The predicted molar refractivity (Wildman–Crippen MR) is 230 cm³/mol. The van der Waals surface area contributed by atoms with Crippen LogP contribution in [0.2, 0.25) is 0 Å². The topological polar surface area (TPSA) is 28.4 Å². The Morgan fingerprint density at radius 3 is 1.71 bits per heavy atom. The SMILES string of the molecule is CC1(C)c2ccccc2-c2ccc(N(c3ccc(-c4ccc(CO)cc4)cc3)c3ccc(-c4ccc5c(c4)c4ccccc4n5-c4ccccc4)cc3)cc21. The monoisotopic (exact) mass is 708 g/mol. The zero-order valence-corrected chi connectivity index (χ0v) is 30.9. The molecule has 1 heterocycles. The van der Waals surface area contributed by atoms with Crippen LogP contribution in [0.25, 0.3) is 60.9 Å². The molecule has 1 aliphatic rings. The normalized spacial score (nSPS) is 12.9. The summed E-state index contributed by atoms with van der Waals surface area (Å²) in [6, 6.07) is 67.9. The average Bonchev–Trinajstić information content (AvgIpc) is 3.69. The lowest BCUT2D eigenvalue weighted by atomic mass is 9.82. The van der Waals surface area contributed by atoms with Gasteiger partial charge < -0.3 is 14.6 Å². The second kappa shape index (κ2) is 13.0. The van der Waals surface area contributed by atoms with Crippen LogP contribution in [-0.4, -0.2) is 9.67 Å². The van der Waals surface area contributed by atoms with E-state index < -0.39 is 0 Å². The average molecular weight is 709 g/mol. The number of nitrogens with zero attached hydrogens (tertiary/aromatic N) is 2. The van der Waals surface area contributed by atoms with Gasteiger partial charge in [0.25, 0.3) is 0 Å². The predicted octanol–water partition coefficient (Wildman–Crippen LogP) is 13.4. The molecule has 0 radical (unpaired) electrons. The number of rotatable bonds is 7. The van der Waals surface area contributed by atoms with Crippen LogP contribution in [0.4, 0.5) is 17.1 Å². The summed E-state index contributed by atoms with van der Waals surface area (Å²) in [6.45, 7) is 4.72. The zero-order valence-electron chi connectivity index (χ0n) is 30.9. The Balaban J connectivity index is 1.06. The van der Waals surface area contributed by atoms with Crippen LogP contribution < -0.4 is 4.90 Å². The Morgan fingerprint density at radius 1 is 0.455 bits per heavy atom. The Bertz CT molecular complexity index is 2850. The van der Waals surface area contributed by atoms with Gasteiger partial charge in [0.05, 0.1) is 17.6 Å². The van der Waals surface area contributed by atoms with Crippen molar-refractivity contribution in [1.29, 1.82) is 0 Å². The first-order valence-corrected chi connectivity index (χ1v) is 19.0. The Kier molecular flexibility index (Phi) is 7.79. The fraction of sp³-hybridized carbons (Fsp3) is 0.0769. The summed E-state index contributed by atoms with van der Waals surface area (Å²) in [7, 11) is 0. The molecular formula is C52H40N2O. The second-order valence-electron chi connectivity index (χ2n) is 15.1. The summed E-state index contributed by atoms with van der Waals surface area (Å²) < 4.78 is 2.36. The molecule has 0 saturated carbocycles. The van der Waals surface area contributed by atoms with E-state index in [0.717, 1.165) is 39.4 Å². The van der Waals surface area contributed by atoms with Crippen LogP contribution in [0.5, 0.6) is 0 Å². The molecule has 1 aliphatic carbocycles. The van der Waals surface area contributed by atoms with E-state index in [9.17, 15) is 5.11 Å². The summed E-state index contributed by atoms with van der Waals surface area (Å²) in [5, 5.41) is 12.0. The van der Waals surface area contributed by atoms with Crippen molar-refractivity contribution in [3.8, 4) is 39.1 Å². The van der Waals surface area contributed by atoms with Gasteiger partial charge in [0, 0.05) is 38.9 Å². The van der Waals surface area contributed by atoms with Gasteiger partial charge in [0.1, 0.15) is 0 Å². The first kappa shape index (κ1) is 32.9. The number of para-hydroxylation sites is 2. The molecule has 0 unspecified atom stereocenters. The first-order valence-electron chi connectivity index (χ1n) is 19.0. The number of hydrogen-bond acceptors (Lipinski definition) is 2. The van der Waals surface area contributed by atoms with Gasteiger partial charge in [0.2, 0.25) is 0 Å². The molecule has 9 aromatic rings. The summed E-state index contributed by atoms with van der Waals surface area (Å²) in [6.07, 6.45) is 0. The molecule has 0 atom stereocenters. The van der Waals surface area contributed by atoms with Gasteiger partial charge in [-0.2, -0.15) is 0 Å². The van der Waals surface area contributed by atoms with E-state index in [2.05, 4.69) is 199 Å². The van der Waals surface area contributed by atoms with Crippen LogP contribution in [0.3, 0.4) is 0 Å². The van der Waals surface area contributed by atoms with E-state index in [1.54, 1.807) is 0 Å². The van der Waals surface area contributed by atoms with Crippen molar-refractivity contribution in [3.63, 3.8) is 0 Å². The number of anilines is 3. The van der Waals surface area contributed by atoms with Crippen LogP contribution >= 0.6 is 0 Å². The Morgan fingerprint density at radius 2 is 1.00 bits per heavy atom. The van der Waals surface area contributed by atoms with E-state index in [0.29, 0.717) is 0 Å². The highest BCUT2D eigenvalue weighted by molar-refractivity contribution is 6.10. The third kappa shape index (κ3) is 5.47. The molecule has 264 valence electrons. The molecule has 0 aliphatic heterocycles. The second-order valence-corrected chi connectivity index (χ2v) is 15.1. The van der Waals surface area contributed by atoms with E-state index >= 15 is 0 Å². The molecular weight excluding hydrogens is 669 g/mol. The van der Waals surface area contributed by atoms with Crippen LogP contribution in [0.1, 0.15) is 30.5 Å². The minimum atomic E-state index is -0.107. The molecule has 1 N–H and O–H groups in total. The van der Waals surface area contributed by atoms with Gasteiger partial charge >= 0.3 is 0 Å². The molecule has 0 bridgehead atoms. The summed E-state index contributed by atoms with van der Waals surface area (Å²) in [4.78, 5) is 2.37. The van der Waals surface area contributed by atoms with Crippen LogP contribution in [-0.2, 0) is 12.0 Å². The van der Waals surface area contributed by atoms with Crippen molar-refractivity contribution < 1.29 is 5.11 Å². The molecule has 0 saturated heterocycles. The van der Waals surface area contributed by atoms with Gasteiger partial charge in [-0.3, -0.25) is 0 Å². The fourth-order valence-corrected chi connectivity index (χ4v) is 8.69. The minimum Gasteiger partial charge on any atom is -0.392 e. The van der Waals surface area contributed by atoms with Gasteiger partial charge in [0.15, 0.2) is 0 Å². The van der Waals surface area contributed by atoms with Crippen molar-refractivity contribution in [1.82, 2.24) is 4.57 Å². The number of aliphatic hydroxyl groups excluding tert-OH is 1. The largest absolute Gasteiger partial charge is 0.392 e.